The lowest BCUT2D eigenvalue weighted by atomic mass is 9.90. The Morgan fingerprint density at radius 2 is 2.17 bits per heavy atom. The average molecular weight is 329 g/mol. The summed E-state index contributed by atoms with van der Waals surface area (Å²) in [5.41, 5.74) is 0.131. The highest BCUT2D eigenvalue weighted by Gasteiger charge is 2.40. The molecular formula is C16H21F2NO4. The van der Waals surface area contributed by atoms with E-state index in [0.717, 1.165) is 5.56 Å². The largest absolute Gasteiger partial charge is 0.490 e. The van der Waals surface area contributed by atoms with Crippen molar-refractivity contribution in [2.24, 2.45) is 5.41 Å². The number of benzene rings is 1. The van der Waals surface area contributed by atoms with Crippen LogP contribution in [0.1, 0.15) is 25.8 Å². The second-order valence-corrected chi connectivity index (χ2v) is 5.92. The second-order valence-electron chi connectivity index (χ2n) is 5.92. The Morgan fingerprint density at radius 3 is 2.74 bits per heavy atom. The van der Waals surface area contributed by atoms with Gasteiger partial charge in [0.15, 0.2) is 11.5 Å². The smallest absolute Gasteiger partial charge is 0.387 e. The Bertz CT molecular complexity index is 567. The zero-order valence-corrected chi connectivity index (χ0v) is 13.2. The average Bonchev–Trinajstić information content (AvgIpc) is 2.84. The Hall–Kier alpha value is -1.89. The van der Waals surface area contributed by atoms with E-state index in [-0.39, 0.29) is 11.5 Å². The number of nitrogens with zero attached hydrogens (tertiary/aromatic N) is 1. The van der Waals surface area contributed by atoms with Crippen molar-refractivity contribution in [2.75, 3.05) is 19.7 Å². The number of alkyl halides is 2. The Labute approximate surface area is 133 Å². The first-order valence-electron chi connectivity index (χ1n) is 7.50. The van der Waals surface area contributed by atoms with Gasteiger partial charge >= 0.3 is 12.6 Å². The standard InChI is InChI=1S/C16H21F2NO4/c1-3-22-13-8-11(4-5-12(13)23-15(17)18)9-19-7-6-16(2,10-19)14(20)21/h4-5,8,15H,3,6-7,9-10H2,1-2H3,(H,20,21). The number of carboxylic acid groups (broad SMARTS) is 1. The highest BCUT2D eigenvalue weighted by Crippen LogP contribution is 2.33. The summed E-state index contributed by atoms with van der Waals surface area (Å²) in [6, 6.07) is 4.81. The van der Waals surface area contributed by atoms with Crippen LogP contribution in [-0.2, 0) is 11.3 Å². The Morgan fingerprint density at radius 1 is 1.43 bits per heavy atom. The first kappa shape index (κ1) is 17.5. The molecule has 0 aliphatic carbocycles. The van der Waals surface area contributed by atoms with Crippen molar-refractivity contribution in [2.45, 2.75) is 33.4 Å². The minimum atomic E-state index is -2.91. The highest BCUT2D eigenvalue weighted by molar-refractivity contribution is 5.74. The number of aliphatic carboxylic acids is 1. The van der Waals surface area contributed by atoms with E-state index in [9.17, 15) is 18.7 Å². The van der Waals surface area contributed by atoms with E-state index in [0.29, 0.717) is 32.7 Å². The number of carboxylic acids is 1. The van der Waals surface area contributed by atoms with Gasteiger partial charge in [0.2, 0.25) is 0 Å². The molecule has 7 heteroatoms. The van der Waals surface area contributed by atoms with E-state index < -0.39 is 18.0 Å². The molecule has 128 valence electrons. The Balaban J connectivity index is 2.09. The fourth-order valence-electron chi connectivity index (χ4n) is 2.74. The van der Waals surface area contributed by atoms with Gasteiger partial charge in [-0.05, 0) is 44.5 Å². The number of hydrogen-bond acceptors (Lipinski definition) is 4. The molecule has 0 bridgehead atoms. The minimum absolute atomic E-state index is 0.00222. The molecule has 0 radical (unpaired) electrons. The summed E-state index contributed by atoms with van der Waals surface area (Å²) in [4.78, 5) is 13.3. The van der Waals surface area contributed by atoms with Crippen LogP contribution in [0.3, 0.4) is 0 Å². The molecule has 1 heterocycles. The molecule has 1 atom stereocenters. The Kier molecular flexibility index (Phi) is 5.41. The molecule has 1 saturated heterocycles. The van der Waals surface area contributed by atoms with Gasteiger partial charge in [0, 0.05) is 13.1 Å². The number of likely N-dealkylation sites (tertiary alicyclic amines) is 1. The molecule has 23 heavy (non-hydrogen) atoms. The zero-order valence-electron chi connectivity index (χ0n) is 13.2. The maximum atomic E-state index is 12.4. The van der Waals surface area contributed by atoms with E-state index in [4.69, 9.17) is 4.74 Å². The first-order valence-corrected chi connectivity index (χ1v) is 7.50. The number of carbonyl (C=O) groups is 1. The summed E-state index contributed by atoms with van der Waals surface area (Å²) in [6.45, 7) is 2.61. The van der Waals surface area contributed by atoms with Crippen LogP contribution >= 0.6 is 0 Å². The number of hydrogen-bond donors (Lipinski definition) is 1. The number of halogens is 2. The van der Waals surface area contributed by atoms with Gasteiger partial charge in [-0.2, -0.15) is 8.78 Å². The van der Waals surface area contributed by atoms with Gasteiger partial charge in [-0.25, -0.2) is 0 Å². The van der Waals surface area contributed by atoms with E-state index in [1.165, 1.54) is 6.07 Å². The third kappa shape index (κ3) is 4.31. The van der Waals surface area contributed by atoms with Crippen LogP contribution in [-0.4, -0.2) is 42.3 Å². The predicted octanol–water partition coefficient (Wildman–Crippen LogP) is 2.98. The molecule has 2 rings (SSSR count). The third-order valence-electron chi connectivity index (χ3n) is 4.00. The minimum Gasteiger partial charge on any atom is -0.490 e. The van der Waals surface area contributed by atoms with Gasteiger partial charge in [0.1, 0.15) is 0 Å². The molecule has 0 saturated carbocycles. The molecule has 1 aromatic carbocycles. The molecular weight excluding hydrogens is 308 g/mol. The van der Waals surface area contributed by atoms with Crippen molar-refractivity contribution in [3.05, 3.63) is 23.8 Å². The summed E-state index contributed by atoms with van der Waals surface area (Å²) in [5, 5.41) is 9.26. The van der Waals surface area contributed by atoms with E-state index in [2.05, 4.69) is 4.74 Å². The second kappa shape index (κ2) is 7.12. The van der Waals surface area contributed by atoms with Crippen molar-refractivity contribution in [3.8, 4) is 11.5 Å². The lowest BCUT2D eigenvalue weighted by molar-refractivity contribution is -0.147. The van der Waals surface area contributed by atoms with Crippen molar-refractivity contribution in [1.29, 1.82) is 0 Å². The molecule has 0 aromatic heterocycles. The van der Waals surface area contributed by atoms with E-state index in [1.54, 1.807) is 26.0 Å². The topological polar surface area (TPSA) is 59.0 Å². The third-order valence-corrected chi connectivity index (χ3v) is 4.00. The van der Waals surface area contributed by atoms with Crippen LogP contribution < -0.4 is 9.47 Å². The fraction of sp³-hybridized carbons (Fsp3) is 0.562. The molecule has 1 aliphatic rings. The molecule has 0 amide bonds. The molecule has 1 aromatic rings. The molecule has 5 nitrogen and oxygen atoms in total. The van der Waals surface area contributed by atoms with Crippen LogP contribution in [0.25, 0.3) is 0 Å². The normalized spacial score (nSPS) is 21.6. The first-order chi connectivity index (χ1) is 10.8. The quantitative estimate of drug-likeness (QED) is 0.833. The highest BCUT2D eigenvalue weighted by atomic mass is 19.3. The maximum absolute atomic E-state index is 12.4. The summed E-state index contributed by atoms with van der Waals surface area (Å²) in [6.07, 6.45) is 0.591. The van der Waals surface area contributed by atoms with Gasteiger partial charge in [-0.3, -0.25) is 9.69 Å². The summed E-state index contributed by atoms with van der Waals surface area (Å²) in [7, 11) is 0. The molecule has 1 aliphatic heterocycles. The van der Waals surface area contributed by atoms with Gasteiger partial charge in [-0.15, -0.1) is 0 Å². The van der Waals surface area contributed by atoms with Gasteiger partial charge in [0.25, 0.3) is 0 Å². The van der Waals surface area contributed by atoms with Crippen molar-refractivity contribution in [1.82, 2.24) is 4.90 Å². The van der Waals surface area contributed by atoms with Gasteiger partial charge in [0.05, 0.1) is 12.0 Å². The predicted molar refractivity (Wildman–Crippen MR) is 79.9 cm³/mol. The molecule has 1 unspecified atom stereocenters. The van der Waals surface area contributed by atoms with E-state index in [1.807, 2.05) is 4.90 Å². The zero-order chi connectivity index (χ0) is 17.0. The number of ether oxygens (including phenoxy) is 2. The van der Waals surface area contributed by atoms with Crippen LogP contribution in [0.15, 0.2) is 18.2 Å². The van der Waals surface area contributed by atoms with Gasteiger partial charge < -0.3 is 14.6 Å². The summed E-state index contributed by atoms with van der Waals surface area (Å²) >= 11 is 0. The van der Waals surface area contributed by atoms with Crippen molar-refractivity contribution >= 4 is 5.97 Å². The monoisotopic (exact) mass is 329 g/mol. The molecule has 1 fully saturated rings. The van der Waals surface area contributed by atoms with Crippen LogP contribution in [0, 0.1) is 5.41 Å². The van der Waals surface area contributed by atoms with Crippen LogP contribution in [0.2, 0.25) is 0 Å². The SMILES string of the molecule is CCOc1cc(CN2CCC(C)(C(=O)O)C2)ccc1OC(F)F. The van der Waals surface area contributed by atoms with Gasteiger partial charge in [-0.1, -0.05) is 6.07 Å². The molecule has 0 spiro atoms. The fourth-order valence-corrected chi connectivity index (χ4v) is 2.74. The molecule has 1 N–H and O–H groups in total. The lowest BCUT2D eigenvalue weighted by Gasteiger charge is -2.20. The van der Waals surface area contributed by atoms with E-state index >= 15 is 0 Å². The lowest BCUT2D eigenvalue weighted by Crippen LogP contribution is -2.31. The maximum Gasteiger partial charge on any atom is 0.387 e. The van der Waals surface area contributed by atoms with Crippen molar-refractivity contribution < 1.29 is 28.2 Å². The van der Waals surface area contributed by atoms with Crippen molar-refractivity contribution in [3.63, 3.8) is 0 Å². The van der Waals surface area contributed by atoms with Crippen LogP contribution in [0.4, 0.5) is 8.78 Å². The van der Waals surface area contributed by atoms with Crippen LogP contribution in [0.5, 0.6) is 11.5 Å². The number of rotatable bonds is 7. The summed E-state index contributed by atoms with van der Waals surface area (Å²) < 4.78 is 34.6. The summed E-state index contributed by atoms with van der Waals surface area (Å²) in [5.74, 6) is -0.524.